The highest BCUT2D eigenvalue weighted by Crippen LogP contribution is 2.29. The number of nitrogens with one attached hydrogen (secondary N) is 2. The average molecular weight is 441 g/mol. The van der Waals surface area contributed by atoms with Gasteiger partial charge in [-0.25, -0.2) is 0 Å². The molecule has 7 nitrogen and oxygen atoms in total. The molecule has 2 N–H and O–H groups in total. The summed E-state index contributed by atoms with van der Waals surface area (Å²) in [5.41, 5.74) is 2.58. The Hall–Kier alpha value is -3.06. The normalized spacial score (nSPS) is 16.1. The van der Waals surface area contributed by atoms with Gasteiger partial charge in [-0.2, -0.15) is 0 Å². The van der Waals surface area contributed by atoms with E-state index in [-0.39, 0.29) is 5.91 Å². The number of hydrogen-bond acceptors (Lipinski definition) is 4. The predicted molar refractivity (Wildman–Crippen MR) is 123 cm³/mol. The maximum Gasteiger partial charge on any atom is 0.316 e. The van der Waals surface area contributed by atoms with Crippen molar-refractivity contribution in [2.24, 2.45) is 5.92 Å². The van der Waals surface area contributed by atoms with Gasteiger partial charge in [-0.1, -0.05) is 17.7 Å². The molecule has 4 rings (SSSR count). The number of carbonyl (C=O) groups excluding carboxylic acids is 1. The van der Waals surface area contributed by atoms with Gasteiger partial charge >= 0.3 is 11.1 Å². The number of aromatic amines is 1. The number of anilines is 1. The van der Waals surface area contributed by atoms with Gasteiger partial charge < -0.3 is 19.8 Å². The zero-order valence-corrected chi connectivity index (χ0v) is 18.3. The van der Waals surface area contributed by atoms with Gasteiger partial charge in [-0.15, -0.1) is 0 Å². The first-order chi connectivity index (χ1) is 14.9. The summed E-state index contributed by atoms with van der Waals surface area (Å²) in [6, 6.07) is 10.9. The third kappa shape index (κ3) is 4.23. The molecule has 1 aromatic heterocycles. The molecule has 1 aliphatic heterocycles. The van der Waals surface area contributed by atoms with Crippen LogP contribution in [0.4, 0.5) is 5.69 Å². The molecule has 0 saturated carbocycles. The quantitative estimate of drug-likeness (QED) is 0.597. The van der Waals surface area contributed by atoms with E-state index in [9.17, 15) is 14.4 Å². The van der Waals surface area contributed by atoms with Crippen molar-refractivity contribution in [1.29, 1.82) is 0 Å². The van der Waals surface area contributed by atoms with Gasteiger partial charge in [0.1, 0.15) is 0 Å². The van der Waals surface area contributed by atoms with Crippen LogP contribution in [0.3, 0.4) is 0 Å². The summed E-state index contributed by atoms with van der Waals surface area (Å²) < 4.78 is 1.40. The van der Waals surface area contributed by atoms with Crippen molar-refractivity contribution < 1.29 is 4.79 Å². The lowest BCUT2D eigenvalue weighted by atomic mass is 10.1. The number of fused-ring (bicyclic) bond motifs is 1. The highest BCUT2D eigenvalue weighted by atomic mass is 35.5. The second-order valence-corrected chi connectivity index (χ2v) is 8.41. The van der Waals surface area contributed by atoms with Crippen molar-refractivity contribution in [2.45, 2.75) is 26.8 Å². The molecule has 0 aliphatic carbocycles. The topological polar surface area (TPSA) is 87.2 Å². The SMILES string of the molecule is CCn1c(=O)c(=O)[nH]c2cc(C(=O)NCC3CCN(c4cc(Cl)ccc4C)C3)ccc21. The number of aryl methyl sites for hydroxylation is 2. The number of amides is 1. The lowest BCUT2D eigenvalue weighted by Gasteiger charge is -2.21. The molecule has 8 heteroatoms. The fourth-order valence-electron chi connectivity index (χ4n) is 4.21. The third-order valence-corrected chi connectivity index (χ3v) is 6.14. The molecule has 1 unspecified atom stereocenters. The van der Waals surface area contributed by atoms with E-state index in [1.54, 1.807) is 25.1 Å². The predicted octanol–water partition coefficient (Wildman–Crippen LogP) is 2.93. The largest absolute Gasteiger partial charge is 0.371 e. The fraction of sp³-hybridized carbons (Fsp3) is 0.348. The van der Waals surface area contributed by atoms with E-state index in [4.69, 9.17) is 11.6 Å². The first-order valence-corrected chi connectivity index (χ1v) is 10.8. The minimum absolute atomic E-state index is 0.200. The van der Waals surface area contributed by atoms with E-state index in [1.807, 2.05) is 18.2 Å². The Morgan fingerprint density at radius 1 is 1.23 bits per heavy atom. The smallest absolute Gasteiger partial charge is 0.316 e. The van der Waals surface area contributed by atoms with Crippen LogP contribution < -0.4 is 21.3 Å². The summed E-state index contributed by atoms with van der Waals surface area (Å²) >= 11 is 6.16. The van der Waals surface area contributed by atoms with Gasteiger partial charge in [0.05, 0.1) is 11.0 Å². The molecule has 2 aromatic carbocycles. The van der Waals surface area contributed by atoms with Gasteiger partial charge in [0.15, 0.2) is 0 Å². The number of halogens is 1. The lowest BCUT2D eigenvalue weighted by Crippen LogP contribution is -2.36. The molecule has 31 heavy (non-hydrogen) atoms. The molecule has 1 aliphatic rings. The maximum absolute atomic E-state index is 12.7. The zero-order valence-electron chi connectivity index (χ0n) is 17.6. The Morgan fingerprint density at radius 3 is 2.81 bits per heavy atom. The van der Waals surface area contributed by atoms with Crippen molar-refractivity contribution in [3.63, 3.8) is 0 Å². The van der Waals surface area contributed by atoms with E-state index in [1.165, 1.54) is 10.1 Å². The number of carbonyl (C=O) groups is 1. The first-order valence-electron chi connectivity index (χ1n) is 10.4. The molecule has 2 heterocycles. The van der Waals surface area contributed by atoms with Crippen LogP contribution in [0.15, 0.2) is 46.0 Å². The standard InChI is InChI=1S/C23H25ClN4O3/c1-3-28-19-7-5-16(10-18(19)26-22(30)23(28)31)21(29)25-12-15-8-9-27(13-15)20-11-17(24)6-4-14(20)2/h4-7,10-11,15H,3,8-9,12-13H2,1-2H3,(H,25,29)(H,26,30). The summed E-state index contributed by atoms with van der Waals surface area (Å²) in [7, 11) is 0. The van der Waals surface area contributed by atoms with Crippen molar-refractivity contribution >= 4 is 34.2 Å². The van der Waals surface area contributed by atoms with Crippen molar-refractivity contribution in [3.05, 3.63) is 73.3 Å². The van der Waals surface area contributed by atoms with Gasteiger partial charge in [0.25, 0.3) is 5.91 Å². The van der Waals surface area contributed by atoms with Crippen LogP contribution in [0.25, 0.3) is 11.0 Å². The van der Waals surface area contributed by atoms with E-state index < -0.39 is 11.1 Å². The first kappa shape index (κ1) is 21.2. The minimum atomic E-state index is -0.686. The maximum atomic E-state index is 12.7. The van der Waals surface area contributed by atoms with Crippen molar-refractivity contribution in [3.8, 4) is 0 Å². The number of hydrogen-bond donors (Lipinski definition) is 2. The van der Waals surface area contributed by atoms with E-state index in [0.717, 1.165) is 30.2 Å². The van der Waals surface area contributed by atoms with Gasteiger partial charge in [0, 0.05) is 42.5 Å². The summed E-state index contributed by atoms with van der Waals surface area (Å²) in [6.45, 7) is 6.61. The molecular formula is C23H25ClN4O3. The average Bonchev–Trinajstić information content (AvgIpc) is 3.23. The Balaban J connectivity index is 1.44. The second-order valence-electron chi connectivity index (χ2n) is 7.98. The molecule has 0 spiro atoms. The highest BCUT2D eigenvalue weighted by Gasteiger charge is 2.24. The minimum Gasteiger partial charge on any atom is -0.371 e. The lowest BCUT2D eigenvalue weighted by molar-refractivity contribution is 0.0948. The summed E-state index contributed by atoms with van der Waals surface area (Å²) in [6.07, 6.45) is 0.986. The zero-order chi connectivity index (χ0) is 22.1. The molecule has 1 saturated heterocycles. The van der Waals surface area contributed by atoms with Gasteiger partial charge in [-0.3, -0.25) is 14.4 Å². The van der Waals surface area contributed by atoms with Crippen LogP contribution in [0.1, 0.15) is 29.3 Å². The van der Waals surface area contributed by atoms with Gasteiger partial charge in [-0.05, 0) is 62.1 Å². The van der Waals surface area contributed by atoms with Crippen LogP contribution in [-0.4, -0.2) is 35.1 Å². The van der Waals surface area contributed by atoms with Gasteiger partial charge in [0.2, 0.25) is 0 Å². The molecule has 1 amide bonds. The van der Waals surface area contributed by atoms with Crippen LogP contribution in [0.2, 0.25) is 5.02 Å². The molecule has 1 fully saturated rings. The van der Waals surface area contributed by atoms with Crippen molar-refractivity contribution in [1.82, 2.24) is 14.9 Å². The third-order valence-electron chi connectivity index (χ3n) is 5.90. The number of rotatable bonds is 5. The molecule has 0 bridgehead atoms. The van der Waals surface area contributed by atoms with Crippen LogP contribution >= 0.6 is 11.6 Å². The Kier molecular flexibility index (Phi) is 5.87. The second kappa shape index (κ2) is 8.59. The Bertz CT molecular complexity index is 1260. The molecular weight excluding hydrogens is 416 g/mol. The van der Waals surface area contributed by atoms with E-state index in [2.05, 4.69) is 22.1 Å². The monoisotopic (exact) mass is 440 g/mol. The van der Waals surface area contributed by atoms with Crippen LogP contribution in [0, 0.1) is 12.8 Å². The molecule has 162 valence electrons. The fourth-order valence-corrected chi connectivity index (χ4v) is 4.38. The molecule has 0 radical (unpaired) electrons. The number of benzene rings is 2. The Morgan fingerprint density at radius 2 is 2.03 bits per heavy atom. The molecule has 3 aromatic rings. The van der Waals surface area contributed by atoms with Crippen LogP contribution in [-0.2, 0) is 6.54 Å². The highest BCUT2D eigenvalue weighted by molar-refractivity contribution is 6.30. The van der Waals surface area contributed by atoms with E-state index in [0.29, 0.717) is 35.6 Å². The number of H-pyrrole nitrogens is 1. The van der Waals surface area contributed by atoms with Crippen LogP contribution in [0.5, 0.6) is 0 Å². The Labute approximate surface area is 184 Å². The van der Waals surface area contributed by atoms with E-state index >= 15 is 0 Å². The summed E-state index contributed by atoms with van der Waals surface area (Å²) in [5, 5.41) is 3.73. The summed E-state index contributed by atoms with van der Waals surface area (Å²) in [5.74, 6) is 0.141. The number of aromatic nitrogens is 2. The number of nitrogens with zero attached hydrogens (tertiary/aromatic N) is 2. The van der Waals surface area contributed by atoms with Crippen molar-refractivity contribution in [2.75, 3.05) is 24.5 Å². The molecule has 1 atom stereocenters. The summed E-state index contributed by atoms with van der Waals surface area (Å²) in [4.78, 5) is 41.4.